The van der Waals surface area contributed by atoms with E-state index in [9.17, 15) is 9.59 Å². The zero-order valence-electron chi connectivity index (χ0n) is 4.37. The number of aromatic amines is 1. The minimum absolute atomic E-state index is 0.534. The largest absolute Gasteiger partial charge is 0.346 e. The Morgan fingerprint density at radius 2 is 2.11 bits per heavy atom. The molecule has 0 aliphatic carbocycles. The number of H-pyrrole nitrogens is 1. The Kier molecular flexibility index (Phi) is 1.35. The third-order valence-corrected chi connectivity index (χ3v) is 0.672. The molecule has 1 heterocycles. The lowest BCUT2D eigenvalue weighted by Gasteiger charge is -1.59. The third-order valence-electron chi connectivity index (χ3n) is 0.672. The molecule has 0 saturated carbocycles. The molecule has 0 atom stereocenters. The maximum Gasteiger partial charge on any atom is 0.346 e. The van der Waals surface area contributed by atoms with Crippen LogP contribution in [0.4, 0.5) is 0 Å². The zero-order valence-corrected chi connectivity index (χ0v) is 4.37. The van der Waals surface area contributed by atoms with Crippen molar-refractivity contribution in [3.63, 3.8) is 0 Å². The number of hydrogen-bond acceptors (Lipinski definition) is 4. The fourth-order valence-electron chi connectivity index (χ4n) is 0.336. The van der Waals surface area contributed by atoms with E-state index in [0.29, 0.717) is 0 Å². The van der Waals surface area contributed by atoms with Crippen molar-refractivity contribution < 1.29 is 0 Å². The summed E-state index contributed by atoms with van der Waals surface area (Å²) in [5, 5.41) is 0. The van der Waals surface area contributed by atoms with Gasteiger partial charge in [0.05, 0.1) is 6.20 Å². The Labute approximate surface area is 49.4 Å². The highest BCUT2D eigenvalue weighted by Crippen LogP contribution is 1.45. The predicted molar refractivity (Wildman–Crippen MR) is 28.9 cm³/mol. The minimum atomic E-state index is -0.579. The van der Waals surface area contributed by atoms with E-state index < -0.39 is 11.2 Å². The highest BCUT2D eigenvalue weighted by molar-refractivity contribution is 4.67. The molecule has 0 bridgehead atoms. The molecule has 0 unspecified atom stereocenters. The van der Waals surface area contributed by atoms with Gasteiger partial charge in [-0.15, -0.1) is 0 Å². The van der Waals surface area contributed by atoms with Crippen LogP contribution in [0.15, 0.2) is 22.1 Å². The van der Waals surface area contributed by atoms with E-state index in [1.807, 2.05) is 0 Å². The Morgan fingerprint density at radius 1 is 1.33 bits per heavy atom. The van der Waals surface area contributed by atoms with Crippen LogP contribution in [0.5, 0.6) is 0 Å². The van der Waals surface area contributed by atoms with Gasteiger partial charge in [0.25, 0.3) is 5.56 Å². The van der Waals surface area contributed by atoms with E-state index in [4.69, 9.17) is 0 Å². The quantitative estimate of drug-likeness (QED) is 0.459. The molecule has 46 valence electrons. The maximum absolute atomic E-state index is 10.3. The monoisotopic (exact) mass is 125 g/mol. The van der Waals surface area contributed by atoms with Gasteiger partial charge in [0.1, 0.15) is 6.33 Å². The van der Waals surface area contributed by atoms with Crippen molar-refractivity contribution in [1.82, 2.24) is 15.0 Å². The van der Waals surface area contributed by atoms with Crippen molar-refractivity contribution in [1.29, 1.82) is 0 Å². The number of aromatic nitrogens is 3. The normalized spacial score (nSPS) is 8.89. The molecule has 0 aliphatic heterocycles. The molecule has 0 aromatic carbocycles. The SMILES string of the molecule is O=c1cnc(=O)[nH]cn1. The summed E-state index contributed by atoms with van der Waals surface area (Å²) < 4.78 is 0. The summed E-state index contributed by atoms with van der Waals surface area (Å²) >= 11 is 0. The van der Waals surface area contributed by atoms with E-state index in [1.165, 1.54) is 0 Å². The van der Waals surface area contributed by atoms with Crippen LogP contribution in [0.25, 0.3) is 0 Å². The Bertz CT molecular complexity index is 275. The van der Waals surface area contributed by atoms with Crippen LogP contribution < -0.4 is 11.2 Å². The van der Waals surface area contributed by atoms with Crippen molar-refractivity contribution in [2.24, 2.45) is 0 Å². The Morgan fingerprint density at radius 3 is 2.89 bits per heavy atom. The fraction of sp³-hybridized carbons (Fsp3) is 0. The van der Waals surface area contributed by atoms with Crippen molar-refractivity contribution >= 4 is 0 Å². The van der Waals surface area contributed by atoms with Crippen LogP contribution >= 0.6 is 0 Å². The summed E-state index contributed by atoms with van der Waals surface area (Å²) in [5.41, 5.74) is -1.11. The van der Waals surface area contributed by atoms with E-state index in [2.05, 4.69) is 15.0 Å². The first-order valence-corrected chi connectivity index (χ1v) is 2.20. The maximum atomic E-state index is 10.3. The van der Waals surface area contributed by atoms with Gasteiger partial charge >= 0.3 is 5.69 Å². The average molecular weight is 125 g/mol. The standard InChI is InChI=1S/C4H3N3O2/c8-3-1-5-4(9)7-2-6-3/h1-2H,(H,6,7,8,9). The van der Waals surface area contributed by atoms with Crippen molar-refractivity contribution in [3.8, 4) is 0 Å². The van der Waals surface area contributed by atoms with E-state index in [0.717, 1.165) is 12.5 Å². The second-order valence-electron chi connectivity index (χ2n) is 1.30. The van der Waals surface area contributed by atoms with Gasteiger partial charge in [-0.1, -0.05) is 0 Å². The van der Waals surface area contributed by atoms with E-state index in [-0.39, 0.29) is 0 Å². The zero-order chi connectivity index (χ0) is 6.69. The van der Waals surface area contributed by atoms with Gasteiger partial charge in [-0.2, -0.15) is 9.97 Å². The first-order chi connectivity index (χ1) is 4.29. The smallest absolute Gasteiger partial charge is 0.296 e. The summed E-state index contributed by atoms with van der Waals surface area (Å²) in [6.45, 7) is 0. The molecule has 0 fully saturated rings. The second kappa shape index (κ2) is 2.17. The predicted octanol–water partition coefficient (Wildman–Crippen LogP) is -1.47. The van der Waals surface area contributed by atoms with Gasteiger partial charge in [-0.3, -0.25) is 9.78 Å². The number of nitrogens with zero attached hydrogens (tertiary/aromatic N) is 2. The van der Waals surface area contributed by atoms with Crippen LogP contribution in [-0.2, 0) is 0 Å². The number of hydrogen-bond donors (Lipinski definition) is 1. The molecule has 0 saturated heterocycles. The van der Waals surface area contributed by atoms with E-state index in [1.54, 1.807) is 0 Å². The molecule has 9 heavy (non-hydrogen) atoms. The summed E-state index contributed by atoms with van der Waals surface area (Å²) in [7, 11) is 0. The first kappa shape index (κ1) is 5.61. The number of rotatable bonds is 0. The molecular formula is C4H3N3O2. The molecule has 1 aromatic rings. The molecular weight excluding hydrogens is 122 g/mol. The Balaban J connectivity index is 3.51. The fourth-order valence-corrected chi connectivity index (χ4v) is 0.336. The van der Waals surface area contributed by atoms with Gasteiger partial charge in [-0.25, -0.2) is 4.79 Å². The molecule has 0 amide bonds. The molecule has 1 N–H and O–H groups in total. The summed E-state index contributed by atoms with van der Waals surface area (Å²) in [6.07, 6.45) is 1.87. The van der Waals surface area contributed by atoms with Gasteiger partial charge < -0.3 is 0 Å². The van der Waals surface area contributed by atoms with Gasteiger partial charge in [-0.05, 0) is 0 Å². The highest BCUT2D eigenvalue weighted by atomic mass is 16.1. The summed E-state index contributed by atoms with van der Waals surface area (Å²) in [5.74, 6) is 0. The minimum Gasteiger partial charge on any atom is -0.296 e. The average Bonchev–Trinajstić information content (AvgIpc) is 1.97. The lowest BCUT2D eigenvalue weighted by atomic mass is 10.9. The van der Waals surface area contributed by atoms with Gasteiger partial charge in [0.2, 0.25) is 0 Å². The van der Waals surface area contributed by atoms with E-state index >= 15 is 0 Å². The van der Waals surface area contributed by atoms with Crippen molar-refractivity contribution in [3.05, 3.63) is 33.4 Å². The van der Waals surface area contributed by atoms with Gasteiger partial charge in [0, 0.05) is 0 Å². The van der Waals surface area contributed by atoms with Crippen LogP contribution in [0, 0.1) is 0 Å². The molecule has 0 spiro atoms. The molecule has 1 rings (SSSR count). The third kappa shape index (κ3) is 1.45. The Hall–Kier alpha value is -1.52. The van der Waals surface area contributed by atoms with Crippen LogP contribution in [0.3, 0.4) is 0 Å². The van der Waals surface area contributed by atoms with Crippen molar-refractivity contribution in [2.45, 2.75) is 0 Å². The van der Waals surface area contributed by atoms with Crippen LogP contribution in [-0.4, -0.2) is 15.0 Å². The molecule has 1 aromatic heterocycles. The lowest BCUT2D eigenvalue weighted by Crippen LogP contribution is -2.04. The second-order valence-corrected chi connectivity index (χ2v) is 1.30. The first-order valence-electron chi connectivity index (χ1n) is 2.20. The molecule has 0 aliphatic rings. The van der Waals surface area contributed by atoms with Crippen molar-refractivity contribution in [2.75, 3.05) is 0 Å². The lowest BCUT2D eigenvalue weighted by molar-refractivity contribution is 1.10. The molecule has 5 nitrogen and oxygen atoms in total. The molecule has 5 heteroatoms. The van der Waals surface area contributed by atoms with Crippen LogP contribution in [0.1, 0.15) is 0 Å². The topological polar surface area (TPSA) is 75.7 Å². The summed E-state index contributed by atoms with van der Waals surface area (Å²) in [4.78, 5) is 29.1. The number of nitrogens with one attached hydrogen (secondary N) is 1. The summed E-state index contributed by atoms with van der Waals surface area (Å²) in [6, 6.07) is 0. The molecule has 0 radical (unpaired) electrons. The highest BCUT2D eigenvalue weighted by Gasteiger charge is 1.78. The van der Waals surface area contributed by atoms with Crippen LogP contribution in [0.2, 0.25) is 0 Å². The van der Waals surface area contributed by atoms with Gasteiger partial charge in [0.15, 0.2) is 0 Å².